The number of nitrogen functional groups attached to an aromatic ring is 1. The molecule has 0 saturated heterocycles. The normalized spacial score (nSPS) is 10.9. The first kappa shape index (κ1) is 18.0. The summed E-state index contributed by atoms with van der Waals surface area (Å²) in [7, 11) is 0. The number of amides is 1. The van der Waals surface area contributed by atoms with Gasteiger partial charge in [-0.25, -0.2) is 0 Å². The van der Waals surface area contributed by atoms with Gasteiger partial charge in [-0.1, -0.05) is 13.8 Å². The molecule has 1 aromatic rings. The average molecular weight is 356 g/mol. The Kier molecular flexibility index (Phi) is 7.75. The molecule has 1 aromatic carbocycles. The summed E-state index contributed by atoms with van der Waals surface area (Å²) in [6.45, 7) is 11.0. The molecule has 0 aliphatic heterocycles. The van der Waals surface area contributed by atoms with E-state index >= 15 is 0 Å². The average Bonchev–Trinajstić information content (AvgIpc) is 2.50. The van der Waals surface area contributed by atoms with Crippen LogP contribution >= 0.6 is 15.9 Å². The van der Waals surface area contributed by atoms with E-state index in [1.54, 1.807) is 6.07 Å². The highest BCUT2D eigenvalue weighted by atomic mass is 79.9. The molecule has 0 aliphatic carbocycles. The fourth-order valence-corrected chi connectivity index (χ4v) is 2.53. The van der Waals surface area contributed by atoms with Gasteiger partial charge in [0, 0.05) is 28.8 Å². The highest BCUT2D eigenvalue weighted by Crippen LogP contribution is 2.21. The van der Waals surface area contributed by atoms with E-state index in [0.29, 0.717) is 17.8 Å². The predicted octanol–water partition coefficient (Wildman–Crippen LogP) is 3.23. The lowest BCUT2D eigenvalue weighted by molar-refractivity contribution is 0.0757. The van der Waals surface area contributed by atoms with Crippen LogP contribution in [0.5, 0.6) is 0 Å². The lowest BCUT2D eigenvalue weighted by Gasteiger charge is -2.24. The molecule has 0 atom stereocenters. The third kappa shape index (κ3) is 5.32. The van der Waals surface area contributed by atoms with Gasteiger partial charge in [0.15, 0.2) is 0 Å². The van der Waals surface area contributed by atoms with Gasteiger partial charge in [0.05, 0.1) is 0 Å². The highest BCUT2D eigenvalue weighted by Gasteiger charge is 2.15. The van der Waals surface area contributed by atoms with E-state index in [4.69, 9.17) is 5.73 Å². The Balaban J connectivity index is 2.62. The quantitative estimate of drug-likeness (QED) is 0.728. The molecule has 0 radical (unpaired) electrons. The van der Waals surface area contributed by atoms with Crippen molar-refractivity contribution in [2.24, 2.45) is 0 Å². The monoisotopic (exact) mass is 355 g/mol. The van der Waals surface area contributed by atoms with Crippen LogP contribution in [0.3, 0.4) is 0 Å². The standard InChI is InChI=1S/C16H26BrN3O/c1-4-19(5-2)10-7-11-20(6-3)16(21)13-8-9-14(17)15(18)12-13/h8-9,12H,4-7,10-11,18H2,1-3H3. The van der Waals surface area contributed by atoms with Crippen molar-refractivity contribution in [1.29, 1.82) is 0 Å². The van der Waals surface area contributed by atoms with E-state index in [9.17, 15) is 4.79 Å². The summed E-state index contributed by atoms with van der Waals surface area (Å²) in [4.78, 5) is 16.7. The van der Waals surface area contributed by atoms with Crippen LogP contribution < -0.4 is 5.73 Å². The number of halogens is 1. The molecule has 1 amide bonds. The van der Waals surface area contributed by atoms with Gasteiger partial charge >= 0.3 is 0 Å². The number of benzene rings is 1. The van der Waals surface area contributed by atoms with Gasteiger partial charge < -0.3 is 15.5 Å². The topological polar surface area (TPSA) is 49.6 Å². The van der Waals surface area contributed by atoms with Crippen molar-refractivity contribution in [3.8, 4) is 0 Å². The van der Waals surface area contributed by atoms with Crippen molar-refractivity contribution in [1.82, 2.24) is 9.80 Å². The Bertz CT molecular complexity index is 461. The molecule has 2 N–H and O–H groups in total. The van der Waals surface area contributed by atoms with Crippen LogP contribution in [-0.2, 0) is 0 Å². The molecule has 5 heteroatoms. The van der Waals surface area contributed by atoms with Gasteiger partial charge in [-0.05, 0) is 67.1 Å². The molecule has 0 fully saturated rings. The van der Waals surface area contributed by atoms with Crippen molar-refractivity contribution in [2.75, 3.05) is 38.5 Å². The molecule has 118 valence electrons. The van der Waals surface area contributed by atoms with Crippen LogP contribution in [0.15, 0.2) is 22.7 Å². The second-order valence-corrected chi connectivity index (χ2v) is 5.86. The molecule has 1 rings (SSSR count). The molecule has 21 heavy (non-hydrogen) atoms. The third-order valence-electron chi connectivity index (χ3n) is 3.71. The van der Waals surface area contributed by atoms with E-state index in [0.717, 1.165) is 37.1 Å². The fourth-order valence-electron chi connectivity index (χ4n) is 2.29. The first-order valence-electron chi connectivity index (χ1n) is 7.60. The summed E-state index contributed by atoms with van der Waals surface area (Å²) in [6, 6.07) is 5.38. The molecule has 0 saturated carbocycles. The Labute approximate surface area is 136 Å². The first-order valence-corrected chi connectivity index (χ1v) is 8.39. The number of hydrogen-bond donors (Lipinski definition) is 1. The van der Waals surface area contributed by atoms with Crippen LogP contribution in [0.1, 0.15) is 37.6 Å². The fraction of sp³-hybridized carbons (Fsp3) is 0.562. The van der Waals surface area contributed by atoms with Crippen molar-refractivity contribution < 1.29 is 4.79 Å². The molecule has 0 bridgehead atoms. The largest absolute Gasteiger partial charge is 0.398 e. The predicted molar refractivity (Wildman–Crippen MR) is 92.5 cm³/mol. The maximum Gasteiger partial charge on any atom is 0.253 e. The number of carbonyl (C=O) groups excluding carboxylic acids is 1. The third-order valence-corrected chi connectivity index (χ3v) is 4.43. The van der Waals surface area contributed by atoms with E-state index in [2.05, 4.69) is 34.7 Å². The van der Waals surface area contributed by atoms with Crippen molar-refractivity contribution in [3.63, 3.8) is 0 Å². The van der Waals surface area contributed by atoms with E-state index in [1.165, 1.54) is 0 Å². The minimum absolute atomic E-state index is 0.0521. The molecule has 0 unspecified atom stereocenters. The summed E-state index contributed by atoms with van der Waals surface area (Å²) in [6.07, 6.45) is 0.993. The van der Waals surface area contributed by atoms with Gasteiger partial charge in [-0.3, -0.25) is 4.79 Å². The van der Waals surface area contributed by atoms with Crippen molar-refractivity contribution in [2.45, 2.75) is 27.2 Å². The number of rotatable bonds is 8. The van der Waals surface area contributed by atoms with E-state index < -0.39 is 0 Å². The molecule has 0 aliphatic rings. The lowest BCUT2D eigenvalue weighted by Crippen LogP contribution is -2.34. The Hall–Kier alpha value is -1.07. The minimum atomic E-state index is 0.0521. The zero-order valence-corrected chi connectivity index (χ0v) is 14.8. The molecule has 0 heterocycles. The van der Waals surface area contributed by atoms with Crippen LogP contribution in [0.4, 0.5) is 5.69 Å². The number of anilines is 1. The summed E-state index contributed by atoms with van der Waals surface area (Å²) >= 11 is 3.35. The van der Waals surface area contributed by atoms with E-state index in [-0.39, 0.29) is 5.91 Å². The van der Waals surface area contributed by atoms with Gasteiger partial charge in [0.2, 0.25) is 0 Å². The van der Waals surface area contributed by atoms with Gasteiger partial charge in [0.1, 0.15) is 0 Å². The van der Waals surface area contributed by atoms with Crippen LogP contribution in [0, 0.1) is 0 Å². The maximum absolute atomic E-state index is 12.5. The Morgan fingerprint density at radius 2 is 1.81 bits per heavy atom. The first-order chi connectivity index (χ1) is 10.0. The highest BCUT2D eigenvalue weighted by molar-refractivity contribution is 9.10. The Morgan fingerprint density at radius 3 is 2.33 bits per heavy atom. The smallest absolute Gasteiger partial charge is 0.253 e. The second-order valence-electron chi connectivity index (χ2n) is 5.00. The summed E-state index contributed by atoms with van der Waals surface area (Å²) < 4.78 is 0.823. The van der Waals surface area contributed by atoms with Crippen molar-refractivity contribution in [3.05, 3.63) is 28.2 Å². The molecular formula is C16H26BrN3O. The molecule has 4 nitrogen and oxygen atoms in total. The summed E-state index contributed by atoms with van der Waals surface area (Å²) in [5.41, 5.74) is 7.10. The number of carbonyl (C=O) groups is 1. The van der Waals surface area contributed by atoms with Gasteiger partial charge in [-0.2, -0.15) is 0 Å². The van der Waals surface area contributed by atoms with Gasteiger partial charge in [-0.15, -0.1) is 0 Å². The number of hydrogen-bond acceptors (Lipinski definition) is 3. The molecule has 0 aromatic heterocycles. The number of nitrogens with zero attached hydrogens (tertiary/aromatic N) is 2. The molecule has 0 spiro atoms. The van der Waals surface area contributed by atoms with Crippen molar-refractivity contribution >= 4 is 27.5 Å². The van der Waals surface area contributed by atoms with Crippen LogP contribution in [-0.4, -0.2) is 48.4 Å². The second kappa shape index (κ2) is 9.05. The SMILES string of the molecule is CCN(CC)CCCN(CC)C(=O)c1ccc(Br)c(N)c1. The van der Waals surface area contributed by atoms with E-state index in [1.807, 2.05) is 24.0 Å². The Morgan fingerprint density at radius 1 is 1.14 bits per heavy atom. The number of nitrogens with two attached hydrogens (primary N) is 1. The maximum atomic E-state index is 12.5. The summed E-state index contributed by atoms with van der Waals surface area (Å²) in [5, 5.41) is 0. The molecular weight excluding hydrogens is 330 g/mol. The zero-order valence-electron chi connectivity index (χ0n) is 13.2. The minimum Gasteiger partial charge on any atom is -0.398 e. The lowest BCUT2D eigenvalue weighted by atomic mass is 10.1. The van der Waals surface area contributed by atoms with Crippen LogP contribution in [0.2, 0.25) is 0 Å². The summed E-state index contributed by atoms with van der Waals surface area (Å²) in [5.74, 6) is 0.0521. The van der Waals surface area contributed by atoms with Crippen LogP contribution in [0.25, 0.3) is 0 Å². The van der Waals surface area contributed by atoms with Gasteiger partial charge in [0.25, 0.3) is 5.91 Å². The zero-order chi connectivity index (χ0) is 15.8.